The number of carbonyl (C=O) groups excluding carboxylic acids is 1. The molecule has 17 heteroatoms. The molecular formula is C28H44Cl3N7O7. The molecule has 0 aromatic carbocycles. The summed E-state index contributed by atoms with van der Waals surface area (Å²) < 4.78 is 35.1. The second-order valence-electron chi connectivity index (χ2n) is 12.3. The molecule has 0 bridgehead atoms. The Bertz CT molecular complexity index is 1150. The van der Waals surface area contributed by atoms with Crippen molar-refractivity contribution in [1.29, 1.82) is 5.41 Å². The lowest BCUT2D eigenvalue weighted by molar-refractivity contribution is -0.332. The number of hydrogen-bond donors (Lipinski definition) is 1. The Balaban J connectivity index is 1.84. The Morgan fingerprint density at radius 2 is 1.31 bits per heavy atom. The predicted molar refractivity (Wildman–Crippen MR) is 168 cm³/mol. The fourth-order valence-corrected chi connectivity index (χ4v) is 6.52. The monoisotopic (exact) mass is 695 g/mol. The molecule has 3 aliphatic rings. The molecule has 3 saturated heterocycles. The molecule has 3 heterocycles. The van der Waals surface area contributed by atoms with Crippen molar-refractivity contribution < 1.29 is 33.2 Å². The molecule has 45 heavy (non-hydrogen) atoms. The van der Waals surface area contributed by atoms with Crippen LogP contribution in [0.4, 0.5) is 0 Å². The molecule has 3 rings (SSSR count). The number of carbonyl (C=O) groups is 1. The molecule has 3 aliphatic heterocycles. The van der Waals surface area contributed by atoms with Gasteiger partial charge in [0.05, 0.1) is 30.5 Å². The normalized spacial score (nSPS) is 42.2. The summed E-state index contributed by atoms with van der Waals surface area (Å²) in [6.45, 7) is 15.1. The van der Waals surface area contributed by atoms with Crippen LogP contribution in [0.3, 0.4) is 0 Å². The zero-order valence-electron chi connectivity index (χ0n) is 26.7. The lowest BCUT2D eigenvalue weighted by atomic mass is 9.80. The number of azide groups is 2. The summed E-state index contributed by atoms with van der Waals surface area (Å²) in [6, 6.07) is -1.53. The zero-order chi connectivity index (χ0) is 33.8. The van der Waals surface area contributed by atoms with E-state index in [1.165, 1.54) is 6.92 Å². The molecule has 0 aromatic heterocycles. The topological polar surface area (TPSA) is 194 Å². The lowest BCUT2D eigenvalue weighted by Gasteiger charge is -2.50. The quantitative estimate of drug-likeness (QED) is 0.0620. The minimum atomic E-state index is -2.14. The highest BCUT2D eigenvalue weighted by Gasteiger charge is 2.52. The van der Waals surface area contributed by atoms with E-state index in [-0.39, 0.29) is 35.6 Å². The molecule has 0 amide bonds. The number of rotatable bonds is 10. The van der Waals surface area contributed by atoms with E-state index in [1.54, 1.807) is 6.92 Å². The Hall–Kier alpha value is -1.57. The third kappa shape index (κ3) is 8.48. The molecule has 0 spiro atoms. The van der Waals surface area contributed by atoms with Crippen LogP contribution in [0.5, 0.6) is 0 Å². The van der Waals surface area contributed by atoms with Gasteiger partial charge in [-0.2, -0.15) is 0 Å². The van der Waals surface area contributed by atoms with Crippen LogP contribution in [0, 0.1) is 35.0 Å². The van der Waals surface area contributed by atoms with E-state index < -0.39 is 71.0 Å². The molecule has 0 aliphatic carbocycles. The van der Waals surface area contributed by atoms with Gasteiger partial charge in [0, 0.05) is 15.7 Å². The highest BCUT2D eigenvalue weighted by Crippen LogP contribution is 2.42. The molecule has 0 radical (unpaired) electrons. The summed E-state index contributed by atoms with van der Waals surface area (Å²) in [4.78, 5) is 19.0. The first kappa shape index (κ1) is 37.9. The first-order valence-electron chi connectivity index (χ1n) is 15.3. The molecule has 0 saturated carbocycles. The summed E-state index contributed by atoms with van der Waals surface area (Å²) >= 11 is 17.4. The third-order valence-corrected chi connectivity index (χ3v) is 10.1. The molecule has 3 unspecified atom stereocenters. The van der Waals surface area contributed by atoms with Crippen LogP contribution in [0.25, 0.3) is 20.9 Å². The number of nitrogens with zero attached hydrogens (tertiary/aromatic N) is 6. The Kier molecular flexibility index (Phi) is 13.5. The van der Waals surface area contributed by atoms with Gasteiger partial charge in [-0.1, -0.05) is 93.5 Å². The standard InChI is InChI=1S/C28H44Cl3N7O7/c1-9-17-11(3)12(4)19(35-37-33)25(40-17)43-22-13(5)14(6)24(44-23(22)16(8)39)42-21-15(7)20(36-38-34)26(41-18(21)10-2)45-27(32)28(29,30)31/h11-15,17-26,32H,9-10H2,1-8H3/t11-,12-,13+,14?,15+,17-,18-,19?,20?,21-,22-,23-,24+,25+,26-/m0/s1. The number of hydrogen-bond acceptors (Lipinski definition) is 10. The highest BCUT2D eigenvalue weighted by atomic mass is 35.6. The average Bonchev–Trinajstić information content (AvgIpc) is 2.98. The summed E-state index contributed by atoms with van der Waals surface area (Å²) in [5, 5.41) is 15.8. The van der Waals surface area contributed by atoms with Gasteiger partial charge in [-0.3, -0.25) is 10.2 Å². The number of nitrogens with one attached hydrogen (secondary N) is 1. The van der Waals surface area contributed by atoms with Crippen molar-refractivity contribution in [2.75, 3.05) is 0 Å². The Labute approximate surface area is 278 Å². The van der Waals surface area contributed by atoms with Crippen molar-refractivity contribution in [2.45, 2.75) is 133 Å². The van der Waals surface area contributed by atoms with Crippen molar-refractivity contribution in [3.05, 3.63) is 20.9 Å². The molecule has 3 fully saturated rings. The smallest absolute Gasteiger partial charge is 0.265 e. The fourth-order valence-electron chi connectivity index (χ4n) is 6.38. The van der Waals surface area contributed by atoms with Crippen LogP contribution in [0.1, 0.15) is 68.2 Å². The van der Waals surface area contributed by atoms with Crippen molar-refractivity contribution >= 4 is 46.5 Å². The number of alkyl halides is 3. The van der Waals surface area contributed by atoms with Gasteiger partial charge in [-0.15, -0.1) is 0 Å². The van der Waals surface area contributed by atoms with Gasteiger partial charge in [0.25, 0.3) is 3.79 Å². The van der Waals surface area contributed by atoms with E-state index in [1.807, 2.05) is 34.6 Å². The second kappa shape index (κ2) is 16.0. The van der Waals surface area contributed by atoms with Crippen LogP contribution in [0.15, 0.2) is 10.2 Å². The Morgan fingerprint density at radius 3 is 1.82 bits per heavy atom. The maximum absolute atomic E-state index is 13.0. The number of ketones is 1. The summed E-state index contributed by atoms with van der Waals surface area (Å²) in [5.74, 6) is -1.83. The maximum Gasteiger partial charge on any atom is 0.265 e. The molecular weight excluding hydrogens is 653 g/mol. The van der Waals surface area contributed by atoms with Gasteiger partial charge in [0.1, 0.15) is 12.1 Å². The summed E-state index contributed by atoms with van der Waals surface area (Å²) in [5.41, 5.74) is 18.6. The molecule has 14 nitrogen and oxygen atoms in total. The van der Waals surface area contributed by atoms with E-state index in [0.29, 0.717) is 6.42 Å². The molecule has 15 atom stereocenters. The summed E-state index contributed by atoms with van der Waals surface area (Å²) in [6.07, 6.45) is -4.74. The van der Waals surface area contributed by atoms with Crippen LogP contribution in [-0.4, -0.2) is 76.9 Å². The van der Waals surface area contributed by atoms with Gasteiger partial charge in [0.15, 0.2) is 18.4 Å². The number of ether oxygens (including phenoxy) is 6. The van der Waals surface area contributed by atoms with Crippen molar-refractivity contribution in [3.8, 4) is 0 Å². The highest BCUT2D eigenvalue weighted by molar-refractivity contribution is 6.76. The first-order valence-corrected chi connectivity index (χ1v) is 16.4. The van der Waals surface area contributed by atoms with Gasteiger partial charge < -0.3 is 28.4 Å². The lowest BCUT2D eigenvalue weighted by Crippen LogP contribution is -2.60. The van der Waals surface area contributed by atoms with Gasteiger partial charge in [-0.25, -0.2) is 0 Å². The van der Waals surface area contributed by atoms with E-state index in [9.17, 15) is 15.9 Å². The van der Waals surface area contributed by atoms with Crippen molar-refractivity contribution in [3.63, 3.8) is 0 Å². The summed E-state index contributed by atoms with van der Waals surface area (Å²) in [7, 11) is 0. The van der Waals surface area contributed by atoms with E-state index in [0.717, 1.165) is 6.42 Å². The van der Waals surface area contributed by atoms with Crippen LogP contribution in [-0.2, 0) is 33.2 Å². The fraction of sp³-hybridized carbons (Fsp3) is 0.929. The second-order valence-corrected chi connectivity index (χ2v) is 14.6. The SMILES string of the molecule is CC[C@@H]1O[C@H](O[C@H]2[C@H](C)C(C)[C@H](O[C@@H]3[C@H](CC)O[C@@H](OC(=N)C(Cl)(Cl)Cl)C(N=[N+]=[N-])[C@H]3C)O[C@H]2C(C)=O)C(N=[N+]=[N-])[C@@H](C)[C@@H]1C. The largest absolute Gasteiger partial charge is 0.448 e. The molecule has 1 N–H and O–H groups in total. The minimum Gasteiger partial charge on any atom is -0.448 e. The van der Waals surface area contributed by atoms with Crippen LogP contribution in [0.2, 0.25) is 0 Å². The third-order valence-electron chi connectivity index (χ3n) is 9.56. The molecule has 254 valence electrons. The van der Waals surface area contributed by atoms with Gasteiger partial charge in [-0.05, 0) is 54.5 Å². The van der Waals surface area contributed by atoms with Crippen molar-refractivity contribution in [1.82, 2.24) is 0 Å². The van der Waals surface area contributed by atoms with Crippen LogP contribution >= 0.6 is 34.8 Å². The minimum absolute atomic E-state index is 0.0113. The number of halogens is 3. The van der Waals surface area contributed by atoms with E-state index >= 15 is 0 Å². The maximum atomic E-state index is 13.0. The zero-order valence-corrected chi connectivity index (χ0v) is 29.0. The van der Waals surface area contributed by atoms with E-state index in [2.05, 4.69) is 27.0 Å². The van der Waals surface area contributed by atoms with Gasteiger partial charge in [0.2, 0.25) is 12.2 Å². The number of Topliss-reactive ketones (excluding diaryl/α,β-unsaturated/α-hetero) is 1. The van der Waals surface area contributed by atoms with Gasteiger partial charge >= 0.3 is 0 Å². The first-order chi connectivity index (χ1) is 21.1. The Morgan fingerprint density at radius 1 is 0.778 bits per heavy atom. The predicted octanol–water partition coefficient (Wildman–Crippen LogP) is 7.24. The molecule has 0 aromatic rings. The average molecular weight is 697 g/mol. The van der Waals surface area contributed by atoms with Crippen LogP contribution < -0.4 is 0 Å². The van der Waals surface area contributed by atoms with Crippen molar-refractivity contribution in [2.24, 2.45) is 39.8 Å². The van der Waals surface area contributed by atoms with E-state index in [4.69, 9.17) is 68.6 Å².